The summed E-state index contributed by atoms with van der Waals surface area (Å²) in [6, 6.07) is 0.275. The van der Waals surface area contributed by atoms with Gasteiger partial charge in [0.1, 0.15) is 0 Å². The van der Waals surface area contributed by atoms with Gasteiger partial charge in [0.05, 0.1) is 11.6 Å². The predicted molar refractivity (Wildman–Crippen MR) is 93.5 cm³/mol. The SMILES string of the molecule is COC1(C)CC(N=C(N)N2CCSCC2)C1(C)C.I. The van der Waals surface area contributed by atoms with E-state index in [1.54, 1.807) is 7.11 Å². The molecule has 0 aromatic rings. The van der Waals surface area contributed by atoms with Crippen molar-refractivity contribution in [2.45, 2.75) is 38.8 Å². The Balaban J connectivity index is 0.00000180. The first-order valence-electron chi connectivity index (χ1n) is 6.62. The highest BCUT2D eigenvalue weighted by Crippen LogP contribution is 2.53. The highest BCUT2D eigenvalue weighted by atomic mass is 127. The number of halogens is 1. The van der Waals surface area contributed by atoms with E-state index in [0.29, 0.717) is 5.96 Å². The zero-order valence-electron chi connectivity index (χ0n) is 12.3. The second kappa shape index (κ2) is 6.39. The van der Waals surface area contributed by atoms with Gasteiger partial charge in [0, 0.05) is 37.1 Å². The smallest absolute Gasteiger partial charge is 0.191 e. The molecule has 6 heteroatoms. The monoisotopic (exact) mass is 399 g/mol. The van der Waals surface area contributed by atoms with Gasteiger partial charge in [0.2, 0.25) is 0 Å². The van der Waals surface area contributed by atoms with Crippen molar-refractivity contribution in [1.82, 2.24) is 4.90 Å². The Hall–Kier alpha value is 0.310. The molecule has 0 aromatic carbocycles. The minimum Gasteiger partial charge on any atom is -0.378 e. The van der Waals surface area contributed by atoms with Crippen LogP contribution in [-0.2, 0) is 4.74 Å². The van der Waals surface area contributed by atoms with Crippen LogP contribution < -0.4 is 5.73 Å². The van der Waals surface area contributed by atoms with Crippen LogP contribution >= 0.6 is 35.7 Å². The van der Waals surface area contributed by atoms with Crippen molar-refractivity contribution in [3.63, 3.8) is 0 Å². The number of rotatable bonds is 2. The Bertz CT molecular complexity index is 345. The fourth-order valence-electron chi connectivity index (χ4n) is 2.70. The minimum absolute atomic E-state index is 0. The van der Waals surface area contributed by atoms with Crippen LogP contribution in [-0.4, -0.2) is 54.2 Å². The number of aliphatic imine (C=N–C) groups is 1. The zero-order valence-corrected chi connectivity index (χ0v) is 15.5. The summed E-state index contributed by atoms with van der Waals surface area (Å²) in [6.45, 7) is 8.64. The van der Waals surface area contributed by atoms with Crippen LogP contribution in [0.2, 0.25) is 0 Å². The first-order chi connectivity index (χ1) is 8.40. The van der Waals surface area contributed by atoms with Gasteiger partial charge in [0.15, 0.2) is 5.96 Å². The van der Waals surface area contributed by atoms with Gasteiger partial charge in [-0.25, -0.2) is 4.99 Å². The zero-order chi connectivity index (χ0) is 13.4. The number of hydrogen-bond acceptors (Lipinski definition) is 3. The summed E-state index contributed by atoms with van der Waals surface area (Å²) in [5.74, 6) is 3.02. The number of guanidine groups is 1. The molecule has 0 amide bonds. The molecule has 112 valence electrons. The Labute approximate surface area is 137 Å². The second-order valence-electron chi connectivity index (χ2n) is 5.96. The van der Waals surface area contributed by atoms with Gasteiger partial charge in [-0.05, 0) is 13.3 Å². The van der Waals surface area contributed by atoms with Crippen molar-refractivity contribution in [2.75, 3.05) is 31.7 Å². The molecule has 0 aromatic heterocycles. The molecule has 19 heavy (non-hydrogen) atoms. The number of hydrogen-bond donors (Lipinski definition) is 1. The van der Waals surface area contributed by atoms with Crippen molar-refractivity contribution in [1.29, 1.82) is 0 Å². The molecule has 1 aliphatic carbocycles. The fourth-order valence-corrected chi connectivity index (χ4v) is 3.60. The predicted octanol–water partition coefficient (Wildman–Crippen LogP) is 2.17. The molecule has 1 saturated heterocycles. The van der Waals surface area contributed by atoms with Crippen molar-refractivity contribution in [2.24, 2.45) is 16.1 Å². The molecule has 0 spiro atoms. The third-order valence-corrected chi connectivity index (χ3v) is 5.80. The second-order valence-corrected chi connectivity index (χ2v) is 7.19. The quantitative estimate of drug-likeness (QED) is 0.439. The van der Waals surface area contributed by atoms with Crippen LogP contribution in [0, 0.1) is 5.41 Å². The highest BCUT2D eigenvalue weighted by Gasteiger charge is 2.58. The number of nitrogens with two attached hydrogens (primary N) is 1. The normalized spacial score (nSPS) is 34.4. The molecule has 2 rings (SSSR count). The lowest BCUT2D eigenvalue weighted by Gasteiger charge is -2.57. The van der Waals surface area contributed by atoms with Crippen LogP contribution in [0.3, 0.4) is 0 Å². The standard InChI is InChI=1S/C13H25N3OS.HI/c1-12(2)10(9-13(12,3)17-4)15-11(14)16-5-7-18-8-6-16;/h10H,5-9H2,1-4H3,(H2,14,15);1H. The molecule has 1 aliphatic heterocycles. The summed E-state index contributed by atoms with van der Waals surface area (Å²) < 4.78 is 5.62. The van der Waals surface area contributed by atoms with Gasteiger partial charge in [0.25, 0.3) is 0 Å². The van der Waals surface area contributed by atoms with Gasteiger partial charge in [-0.1, -0.05) is 13.8 Å². The Kier molecular flexibility index (Phi) is 5.84. The summed E-state index contributed by atoms with van der Waals surface area (Å²) >= 11 is 1.99. The lowest BCUT2D eigenvalue weighted by Crippen LogP contribution is -2.63. The van der Waals surface area contributed by atoms with Crippen LogP contribution in [0.4, 0.5) is 0 Å². The molecule has 1 saturated carbocycles. The molecular weight excluding hydrogens is 373 g/mol. The molecule has 2 atom stereocenters. The molecule has 0 bridgehead atoms. The van der Waals surface area contributed by atoms with E-state index >= 15 is 0 Å². The molecule has 0 radical (unpaired) electrons. The third kappa shape index (κ3) is 3.15. The highest BCUT2D eigenvalue weighted by molar-refractivity contribution is 14.0. The van der Waals surface area contributed by atoms with E-state index in [2.05, 4.69) is 25.7 Å². The van der Waals surface area contributed by atoms with Crippen molar-refractivity contribution in [3.05, 3.63) is 0 Å². The maximum absolute atomic E-state index is 6.14. The topological polar surface area (TPSA) is 50.9 Å². The first-order valence-corrected chi connectivity index (χ1v) is 7.77. The molecular formula is C13H26IN3OS. The Morgan fingerprint density at radius 1 is 1.32 bits per heavy atom. The molecule has 2 unspecified atom stereocenters. The first kappa shape index (κ1) is 17.4. The van der Waals surface area contributed by atoms with Crippen molar-refractivity contribution < 1.29 is 4.74 Å². The van der Waals surface area contributed by atoms with Crippen LogP contribution in [0.25, 0.3) is 0 Å². The average molecular weight is 399 g/mol. The van der Waals surface area contributed by atoms with Gasteiger partial charge in [-0.15, -0.1) is 24.0 Å². The summed E-state index contributed by atoms with van der Waals surface area (Å²) in [7, 11) is 1.78. The summed E-state index contributed by atoms with van der Waals surface area (Å²) in [6.07, 6.45) is 0.958. The van der Waals surface area contributed by atoms with E-state index in [9.17, 15) is 0 Å². The third-order valence-electron chi connectivity index (χ3n) is 4.85. The van der Waals surface area contributed by atoms with Crippen molar-refractivity contribution >= 4 is 41.7 Å². The van der Waals surface area contributed by atoms with E-state index in [1.165, 1.54) is 0 Å². The maximum Gasteiger partial charge on any atom is 0.191 e. The Morgan fingerprint density at radius 3 is 2.37 bits per heavy atom. The van der Waals surface area contributed by atoms with E-state index in [4.69, 9.17) is 15.5 Å². The lowest BCUT2D eigenvalue weighted by atomic mass is 9.56. The molecule has 2 fully saturated rings. The maximum atomic E-state index is 6.14. The lowest BCUT2D eigenvalue weighted by molar-refractivity contribution is -0.171. The van der Waals surface area contributed by atoms with Crippen molar-refractivity contribution in [3.8, 4) is 0 Å². The number of ether oxygens (including phenoxy) is 1. The van der Waals surface area contributed by atoms with E-state index in [0.717, 1.165) is 31.0 Å². The van der Waals surface area contributed by atoms with Gasteiger partial charge >= 0.3 is 0 Å². The number of nitrogens with zero attached hydrogens (tertiary/aromatic N) is 2. The summed E-state index contributed by atoms with van der Waals surface area (Å²) in [5, 5.41) is 0. The van der Waals surface area contributed by atoms with Crippen LogP contribution in [0.1, 0.15) is 27.2 Å². The van der Waals surface area contributed by atoms with Crippen LogP contribution in [0.5, 0.6) is 0 Å². The summed E-state index contributed by atoms with van der Waals surface area (Å²) in [4.78, 5) is 6.94. The Morgan fingerprint density at radius 2 is 1.89 bits per heavy atom. The van der Waals surface area contributed by atoms with Gasteiger partial charge in [-0.2, -0.15) is 11.8 Å². The largest absolute Gasteiger partial charge is 0.378 e. The van der Waals surface area contributed by atoms with E-state index < -0.39 is 0 Å². The minimum atomic E-state index is -0.0702. The summed E-state index contributed by atoms with van der Waals surface area (Å²) in [5.41, 5.74) is 6.12. The number of thioether (sulfide) groups is 1. The molecule has 2 aliphatic rings. The van der Waals surface area contributed by atoms with E-state index in [1.807, 2.05) is 11.8 Å². The average Bonchev–Trinajstić information content (AvgIpc) is 2.38. The van der Waals surface area contributed by atoms with Gasteiger partial charge < -0.3 is 15.4 Å². The van der Waals surface area contributed by atoms with E-state index in [-0.39, 0.29) is 41.0 Å². The van der Waals surface area contributed by atoms with Crippen LogP contribution in [0.15, 0.2) is 4.99 Å². The molecule has 1 heterocycles. The van der Waals surface area contributed by atoms with Gasteiger partial charge in [-0.3, -0.25) is 0 Å². The molecule has 2 N–H and O–H groups in total. The number of methoxy groups -OCH3 is 1. The molecule has 4 nitrogen and oxygen atoms in total. The fraction of sp³-hybridized carbons (Fsp3) is 0.923.